The summed E-state index contributed by atoms with van der Waals surface area (Å²) < 4.78 is 0. The summed E-state index contributed by atoms with van der Waals surface area (Å²) in [6.07, 6.45) is 4.65. The average Bonchev–Trinajstić information content (AvgIpc) is 3.34. The standard InChI is InChI=1S/C24H20ClN3O3/c1-14(28-23(30)17-5-2-3-6-18(17)24(28)31)22(29)27-11-9-15(10-12-27)19-13-26-21-16(19)7-4-8-20(21)25/h2-9,13-14,26H,10-12H2,1H3. The van der Waals surface area contributed by atoms with E-state index in [0.29, 0.717) is 35.7 Å². The number of imide groups is 1. The molecule has 0 saturated carbocycles. The molecule has 3 amide bonds. The summed E-state index contributed by atoms with van der Waals surface area (Å²) in [5.74, 6) is -1.05. The smallest absolute Gasteiger partial charge is 0.262 e. The number of carbonyl (C=O) groups excluding carboxylic acids is 3. The van der Waals surface area contributed by atoms with Crippen molar-refractivity contribution in [2.45, 2.75) is 19.4 Å². The molecule has 0 bridgehead atoms. The molecule has 1 aromatic heterocycles. The van der Waals surface area contributed by atoms with Crippen LogP contribution < -0.4 is 0 Å². The number of halogens is 1. The predicted octanol–water partition coefficient (Wildman–Crippen LogP) is 4.12. The van der Waals surface area contributed by atoms with E-state index in [1.54, 1.807) is 36.1 Å². The molecule has 7 heteroatoms. The zero-order valence-electron chi connectivity index (χ0n) is 16.9. The topological polar surface area (TPSA) is 73.5 Å². The van der Waals surface area contributed by atoms with Crippen molar-refractivity contribution in [3.8, 4) is 0 Å². The Hall–Kier alpha value is -3.38. The molecule has 6 nitrogen and oxygen atoms in total. The molecule has 0 radical (unpaired) electrons. The van der Waals surface area contributed by atoms with Gasteiger partial charge < -0.3 is 9.88 Å². The van der Waals surface area contributed by atoms with Gasteiger partial charge >= 0.3 is 0 Å². The largest absolute Gasteiger partial charge is 0.359 e. The van der Waals surface area contributed by atoms with Crippen LogP contribution in [0.4, 0.5) is 0 Å². The Morgan fingerprint density at radius 1 is 1.03 bits per heavy atom. The monoisotopic (exact) mass is 433 g/mol. The fourth-order valence-electron chi connectivity index (χ4n) is 4.43. The van der Waals surface area contributed by atoms with Crippen molar-refractivity contribution in [1.29, 1.82) is 0 Å². The maximum atomic E-state index is 13.1. The highest BCUT2D eigenvalue weighted by molar-refractivity contribution is 6.35. The molecular formula is C24H20ClN3O3. The van der Waals surface area contributed by atoms with Gasteiger partial charge in [0, 0.05) is 30.2 Å². The van der Waals surface area contributed by atoms with Crippen molar-refractivity contribution in [3.63, 3.8) is 0 Å². The third-order valence-corrected chi connectivity index (χ3v) is 6.42. The average molecular weight is 434 g/mol. The molecule has 1 N–H and O–H groups in total. The molecule has 0 spiro atoms. The molecule has 156 valence electrons. The van der Waals surface area contributed by atoms with Gasteiger partial charge in [-0.1, -0.05) is 41.9 Å². The quantitative estimate of drug-likeness (QED) is 0.631. The summed E-state index contributed by atoms with van der Waals surface area (Å²) >= 11 is 6.26. The fraction of sp³-hybridized carbons (Fsp3) is 0.208. The summed E-state index contributed by atoms with van der Waals surface area (Å²) in [4.78, 5) is 44.5. The van der Waals surface area contributed by atoms with Gasteiger partial charge in [0.15, 0.2) is 0 Å². The zero-order chi connectivity index (χ0) is 21.7. The minimum Gasteiger partial charge on any atom is -0.359 e. The van der Waals surface area contributed by atoms with Crippen molar-refractivity contribution in [2.75, 3.05) is 13.1 Å². The Balaban J connectivity index is 1.34. The number of fused-ring (bicyclic) bond motifs is 2. The number of aromatic nitrogens is 1. The second-order valence-electron chi connectivity index (χ2n) is 7.83. The number of carbonyl (C=O) groups is 3. The van der Waals surface area contributed by atoms with Gasteiger partial charge in [0.2, 0.25) is 5.91 Å². The van der Waals surface area contributed by atoms with Gasteiger partial charge in [0.1, 0.15) is 6.04 Å². The van der Waals surface area contributed by atoms with Crippen molar-refractivity contribution < 1.29 is 14.4 Å². The lowest BCUT2D eigenvalue weighted by Gasteiger charge is -2.31. The van der Waals surface area contributed by atoms with E-state index in [-0.39, 0.29) is 5.91 Å². The van der Waals surface area contributed by atoms with Crippen LogP contribution in [0.5, 0.6) is 0 Å². The van der Waals surface area contributed by atoms with Gasteiger partial charge in [-0.2, -0.15) is 0 Å². The van der Waals surface area contributed by atoms with Gasteiger partial charge in [-0.3, -0.25) is 19.3 Å². The lowest BCUT2D eigenvalue weighted by molar-refractivity contribution is -0.134. The van der Waals surface area contributed by atoms with Crippen LogP contribution in [0.2, 0.25) is 5.02 Å². The second-order valence-corrected chi connectivity index (χ2v) is 8.24. The van der Waals surface area contributed by atoms with Crippen LogP contribution >= 0.6 is 11.6 Å². The number of rotatable bonds is 3. The molecule has 1 unspecified atom stereocenters. The maximum Gasteiger partial charge on any atom is 0.262 e. The van der Waals surface area contributed by atoms with E-state index < -0.39 is 17.9 Å². The summed E-state index contributed by atoms with van der Waals surface area (Å²) in [7, 11) is 0. The number of aromatic amines is 1. The maximum absolute atomic E-state index is 13.1. The summed E-state index contributed by atoms with van der Waals surface area (Å²) in [6.45, 7) is 2.56. The number of amides is 3. The molecule has 31 heavy (non-hydrogen) atoms. The first kappa shape index (κ1) is 19.6. The first-order valence-electron chi connectivity index (χ1n) is 10.2. The number of benzene rings is 2. The number of H-pyrrole nitrogens is 1. The number of nitrogens with one attached hydrogen (secondary N) is 1. The third-order valence-electron chi connectivity index (χ3n) is 6.10. The van der Waals surface area contributed by atoms with Crippen molar-refractivity contribution >= 4 is 45.8 Å². The first-order valence-corrected chi connectivity index (χ1v) is 10.6. The number of hydrogen-bond acceptors (Lipinski definition) is 3. The van der Waals surface area contributed by atoms with Crippen molar-refractivity contribution in [2.24, 2.45) is 0 Å². The molecular weight excluding hydrogens is 414 g/mol. The lowest BCUT2D eigenvalue weighted by atomic mass is 9.98. The molecule has 2 aliphatic rings. The normalized spacial score (nSPS) is 17.2. The fourth-order valence-corrected chi connectivity index (χ4v) is 4.66. The van der Waals surface area contributed by atoms with E-state index in [2.05, 4.69) is 4.98 Å². The van der Waals surface area contributed by atoms with Crippen molar-refractivity contribution in [3.05, 3.63) is 76.5 Å². The van der Waals surface area contributed by atoms with Gasteiger partial charge in [-0.05, 0) is 37.1 Å². The van der Waals surface area contributed by atoms with E-state index in [0.717, 1.165) is 26.9 Å². The summed E-state index contributed by atoms with van der Waals surface area (Å²) in [5, 5.41) is 1.73. The Labute approximate surface area is 184 Å². The van der Waals surface area contributed by atoms with Crippen LogP contribution in [0.1, 0.15) is 39.6 Å². The van der Waals surface area contributed by atoms with Crippen molar-refractivity contribution in [1.82, 2.24) is 14.8 Å². The Kier molecular flexibility index (Phi) is 4.67. The molecule has 2 aliphatic heterocycles. The Morgan fingerprint density at radius 2 is 1.74 bits per heavy atom. The van der Waals surface area contributed by atoms with Gasteiger partial charge in [-0.15, -0.1) is 0 Å². The van der Waals surface area contributed by atoms with Gasteiger partial charge in [-0.25, -0.2) is 0 Å². The van der Waals surface area contributed by atoms with E-state index in [1.165, 1.54) is 0 Å². The summed E-state index contributed by atoms with van der Waals surface area (Å²) in [5.41, 5.74) is 3.83. The molecule has 0 aliphatic carbocycles. The van der Waals surface area contributed by atoms with Crippen LogP contribution in [-0.4, -0.2) is 51.6 Å². The van der Waals surface area contributed by atoms with E-state index in [4.69, 9.17) is 11.6 Å². The van der Waals surface area contributed by atoms with Crippen LogP contribution in [0.3, 0.4) is 0 Å². The first-order chi connectivity index (χ1) is 15.0. The lowest BCUT2D eigenvalue weighted by Crippen LogP contribution is -2.50. The number of para-hydroxylation sites is 1. The second kappa shape index (κ2) is 7.39. The van der Waals surface area contributed by atoms with Crippen LogP contribution in [0.25, 0.3) is 16.5 Å². The molecule has 3 heterocycles. The van der Waals surface area contributed by atoms with Crippen LogP contribution in [-0.2, 0) is 4.79 Å². The number of nitrogens with zero attached hydrogens (tertiary/aromatic N) is 2. The number of hydrogen-bond donors (Lipinski definition) is 1. The van der Waals surface area contributed by atoms with Crippen LogP contribution in [0.15, 0.2) is 54.7 Å². The minimum absolute atomic E-state index is 0.230. The minimum atomic E-state index is -0.853. The van der Waals surface area contributed by atoms with E-state index in [1.807, 2.05) is 30.5 Å². The Bertz CT molecular complexity index is 1240. The molecule has 0 fully saturated rings. The highest BCUT2D eigenvalue weighted by atomic mass is 35.5. The molecule has 2 aromatic carbocycles. The van der Waals surface area contributed by atoms with E-state index >= 15 is 0 Å². The molecule has 5 rings (SSSR count). The predicted molar refractivity (Wildman–Crippen MR) is 119 cm³/mol. The zero-order valence-corrected chi connectivity index (χ0v) is 17.6. The molecule has 1 atom stereocenters. The third kappa shape index (κ3) is 3.06. The molecule has 0 saturated heterocycles. The van der Waals surface area contributed by atoms with Crippen LogP contribution in [0, 0.1) is 0 Å². The van der Waals surface area contributed by atoms with E-state index in [9.17, 15) is 14.4 Å². The SMILES string of the molecule is CC(C(=O)N1CC=C(c2c[nH]c3c(Cl)cccc23)CC1)N1C(=O)c2ccccc2C1=O. The molecule has 3 aromatic rings. The highest BCUT2D eigenvalue weighted by Crippen LogP contribution is 2.32. The van der Waals surface area contributed by atoms with Gasteiger partial charge in [0.05, 0.1) is 21.7 Å². The highest BCUT2D eigenvalue weighted by Gasteiger charge is 2.41. The van der Waals surface area contributed by atoms with Gasteiger partial charge in [0.25, 0.3) is 11.8 Å². The Morgan fingerprint density at radius 3 is 2.39 bits per heavy atom. The summed E-state index contributed by atoms with van der Waals surface area (Å²) in [6, 6.07) is 11.6.